The Balaban J connectivity index is 1.56. The van der Waals surface area contributed by atoms with E-state index in [4.69, 9.17) is 5.21 Å². The van der Waals surface area contributed by atoms with Crippen molar-refractivity contribution in [2.45, 2.75) is 24.5 Å². The summed E-state index contributed by atoms with van der Waals surface area (Å²) in [6, 6.07) is 11.2. The van der Waals surface area contributed by atoms with Crippen LogP contribution in [0.2, 0.25) is 0 Å². The SMILES string of the molecule is C=C/C=C(\C=C)C(c1ccccc1)N1C[C@@H]2C[C@H]1CN2c1ncc(C(=O)NO)cn1. The van der Waals surface area contributed by atoms with E-state index in [0.717, 1.165) is 25.1 Å². The topological polar surface area (TPSA) is 81.6 Å². The van der Waals surface area contributed by atoms with Gasteiger partial charge in [0.25, 0.3) is 5.91 Å². The highest BCUT2D eigenvalue weighted by molar-refractivity contribution is 5.92. The van der Waals surface area contributed by atoms with E-state index in [0.29, 0.717) is 18.0 Å². The second kappa shape index (κ2) is 8.61. The van der Waals surface area contributed by atoms with Crippen molar-refractivity contribution < 1.29 is 10.0 Å². The molecule has 2 aliphatic rings. The lowest BCUT2D eigenvalue weighted by Gasteiger charge is -2.39. The summed E-state index contributed by atoms with van der Waals surface area (Å²) in [5.41, 5.74) is 4.19. The molecule has 1 aromatic carbocycles. The third kappa shape index (κ3) is 3.65. The van der Waals surface area contributed by atoms with Crippen LogP contribution in [-0.4, -0.2) is 51.2 Å². The van der Waals surface area contributed by atoms with Crippen molar-refractivity contribution in [1.29, 1.82) is 0 Å². The van der Waals surface area contributed by atoms with E-state index in [-0.39, 0.29) is 11.6 Å². The molecule has 1 aromatic heterocycles. The highest BCUT2D eigenvalue weighted by Gasteiger charge is 2.47. The maximum atomic E-state index is 11.5. The van der Waals surface area contributed by atoms with Gasteiger partial charge in [0, 0.05) is 37.6 Å². The van der Waals surface area contributed by atoms with E-state index in [2.05, 4.69) is 57.2 Å². The summed E-state index contributed by atoms with van der Waals surface area (Å²) in [4.78, 5) is 24.9. The Kier molecular flexibility index (Phi) is 5.74. The summed E-state index contributed by atoms with van der Waals surface area (Å²) in [6.07, 6.45) is 9.66. The number of likely N-dealkylation sites (tertiary alicyclic amines) is 1. The molecular weight excluding hydrogens is 378 g/mol. The monoisotopic (exact) mass is 403 g/mol. The fourth-order valence-corrected chi connectivity index (χ4v) is 4.53. The summed E-state index contributed by atoms with van der Waals surface area (Å²) in [5.74, 6) is -0.00851. The standard InChI is InChI=1S/C23H25N5O2/c1-3-8-16(4-2)21(17-9-6-5-7-10-17)27-14-20-11-19(27)15-28(20)23-24-12-18(13-25-23)22(29)26-30/h3-10,12-13,19-21,30H,1-2,11,14-15H2,(H,26,29)/b16-8+/t19-,20-,21?/m0/s1. The number of carbonyl (C=O) groups is 1. The van der Waals surface area contributed by atoms with Gasteiger partial charge < -0.3 is 4.90 Å². The minimum atomic E-state index is -0.618. The molecule has 2 aliphatic heterocycles. The lowest BCUT2D eigenvalue weighted by atomic mass is 9.95. The average molecular weight is 403 g/mol. The molecular formula is C23H25N5O2. The predicted molar refractivity (Wildman–Crippen MR) is 115 cm³/mol. The number of piperazine rings is 1. The normalized spacial score (nSPS) is 22.0. The van der Waals surface area contributed by atoms with Gasteiger partial charge in [0.15, 0.2) is 0 Å². The highest BCUT2D eigenvalue weighted by Crippen LogP contribution is 2.41. The number of allylic oxidation sites excluding steroid dienone is 2. The van der Waals surface area contributed by atoms with Gasteiger partial charge in [0.05, 0.1) is 11.6 Å². The Morgan fingerprint density at radius 3 is 2.47 bits per heavy atom. The van der Waals surface area contributed by atoms with E-state index in [1.54, 1.807) is 5.48 Å². The number of carbonyl (C=O) groups excluding carboxylic acids is 1. The van der Waals surface area contributed by atoms with Gasteiger partial charge in [-0.05, 0) is 17.6 Å². The second-order valence-corrected chi connectivity index (χ2v) is 7.52. The molecule has 1 amide bonds. The van der Waals surface area contributed by atoms with Crippen LogP contribution in [0.25, 0.3) is 0 Å². The number of amides is 1. The van der Waals surface area contributed by atoms with Gasteiger partial charge in [-0.3, -0.25) is 14.9 Å². The lowest BCUT2D eigenvalue weighted by Crippen LogP contribution is -2.48. The zero-order valence-corrected chi connectivity index (χ0v) is 16.7. The second-order valence-electron chi connectivity index (χ2n) is 7.52. The first-order valence-corrected chi connectivity index (χ1v) is 9.95. The van der Waals surface area contributed by atoms with E-state index in [1.807, 2.05) is 24.3 Å². The van der Waals surface area contributed by atoms with Gasteiger partial charge in [-0.15, -0.1) is 0 Å². The van der Waals surface area contributed by atoms with Crippen LogP contribution < -0.4 is 10.4 Å². The van der Waals surface area contributed by atoms with Crippen molar-refractivity contribution in [3.8, 4) is 0 Å². The van der Waals surface area contributed by atoms with E-state index < -0.39 is 5.91 Å². The molecule has 2 N–H and O–H groups in total. The van der Waals surface area contributed by atoms with Gasteiger partial charge >= 0.3 is 0 Å². The Morgan fingerprint density at radius 1 is 1.17 bits per heavy atom. The van der Waals surface area contributed by atoms with Crippen molar-refractivity contribution in [3.63, 3.8) is 0 Å². The molecule has 30 heavy (non-hydrogen) atoms. The van der Waals surface area contributed by atoms with Crippen LogP contribution in [0.4, 0.5) is 5.95 Å². The molecule has 2 bridgehead atoms. The number of benzene rings is 1. The summed E-state index contributed by atoms with van der Waals surface area (Å²) in [7, 11) is 0. The number of hydrogen-bond acceptors (Lipinski definition) is 6. The van der Waals surface area contributed by atoms with Crippen LogP contribution in [0.1, 0.15) is 28.4 Å². The molecule has 0 radical (unpaired) electrons. The Labute approximate surface area is 176 Å². The largest absolute Gasteiger partial charge is 0.335 e. The maximum absolute atomic E-state index is 11.5. The number of fused-ring (bicyclic) bond motifs is 2. The molecule has 0 spiro atoms. The van der Waals surface area contributed by atoms with Crippen LogP contribution in [0, 0.1) is 0 Å². The van der Waals surface area contributed by atoms with E-state index >= 15 is 0 Å². The van der Waals surface area contributed by atoms with Crippen molar-refractivity contribution in [2.24, 2.45) is 0 Å². The van der Waals surface area contributed by atoms with Crippen molar-refractivity contribution in [3.05, 3.63) is 90.8 Å². The first-order valence-electron chi connectivity index (χ1n) is 9.95. The summed E-state index contributed by atoms with van der Waals surface area (Å²) in [6.45, 7) is 9.59. The zero-order chi connectivity index (χ0) is 21.1. The van der Waals surface area contributed by atoms with Gasteiger partial charge in [-0.1, -0.05) is 61.7 Å². The summed E-state index contributed by atoms with van der Waals surface area (Å²) >= 11 is 0. The molecule has 7 nitrogen and oxygen atoms in total. The Bertz CT molecular complexity index is 957. The van der Waals surface area contributed by atoms with Crippen molar-refractivity contribution in [1.82, 2.24) is 20.3 Å². The number of hydrogen-bond donors (Lipinski definition) is 2. The minimum absolute atomic E-state index is 0.121. The number of anilines is 1. The Morgan fingerprint density at radius 2 is 1.90 bits per heavy atom. The predicted octanol–water partition coefficient (Wildman–Crippen LogP) is 2.90. The van der Waals surface area contributed by atoms with E-state index in [9.17, 15) is 4.79 Å². The molecule has 0 saturated carbocycles. The van der Waals surface area contributed by atoms with Gasteiger partial charge in [-0.25, -0.2) is 15.4 Å². The molecule has 2 saturated heterocycles. The van der Waals surface area contributed by atoms with Crippen LogP contribution >= 0.6 is 0 Å². The van der Waals surface area contributed by atoms with E-state index in [1.165, 1.54) is 18.0 Å². The molecule has 154 valence electrons. The molecule has 1 unspecified atom stereocenters. The third-order valence-electron chi connectivity index (χ3n) is 5.85. The van der Waals surface area contributed by atoms with Gasteiger partial charge in [-0.2, -0.15) is 0 Å². The molecule has 3 atom stereocenters. The molecule has 2 aromatic rings. The fraction of sp³-hybridized carbons (Fsp3) is 0.261. The third-order valence-corrected chi connectivity index (χ3v) is 5.85. The van der Waals surface area contributed by atoms with Gasteiger partial charge in [0.2, 0.25) is 5.95 Å². The summed E-state index contributed by atoms with van der Waals surface area (Å²) in [5, 5.41) is 8.74. The molecule has 7 heteroatoms. The summed E-state index contributed by atoms with van der Waals surface area (Å²) < 4.78 is 0. The number of hydroxylamine groups is 1. The number of aromatic nitrogens is 2. The van der Waals surface area contributed by atoms with Gasteiger partial charge in [0.1, 0.15) is 0 Å². The smallest absolute Gasteiger partial charge is 0.277 e. The maximum Gasteiger partial charge on any atom is 0.277 e. The average Bonchev–Trinajstić information content (AvgIpc) is 3.40. The number of nitrogens with one attached hydrogen (secondary N) is 1. The van der Waals surface area contributed by atoms with Crippen LogP contribution in [0.3, 0.4) is 0 Å². The Hall–Kier alpha value is -3.29. The van der Waals surface area contributed by atoms with Crippen molar-refractivity contribution >= 4 is 11.9 Å². The van der Waals surface area contributed by atoms with Crippen LogP contribution in [0.5, 0.6) is 0 Å². The highest BCUT2D eigenvalue weighted by atomic mass is 16.5. The number of rotatable bonds is 7. The number of nitrogens with zero attached hydrogens (tertiary/aromatic N) is 4. The van der Waals surface area contributed by atoms with Crippen molar-refractivity contribution in [2.75, 3.05) is 18.0 Å². The molecule has 4 rings (SSSR count). The first-order chi connectivity index (χ1) is 14.7. The molecule has 0 aliphatic carbocycles. The van der Waals surface area contributed by atoms with Crippen LogP contribution in [-0.2, 0) is 0 Å². The lowest BCUT2D eigenvalue weighted by molar-refractivity contribution is 0.0705. The zero-order valence-electron chi connectivity index (χ0n) is 16.7. The molecule has 2 fully saturated rings. The minimum Gasteiger partial charge on any atom is -0.335 e. The van der Waals surface area contributed by atoms with Crippen LogP contribution in [0.15, 0.2) is 79.7 Å². The fourth-order valence-electron chi connectivity index (χ4n) is 4.53. The first kappa shape index (κ1) is 20.0. The molecule has 3 heterocycles. The quantitative estimate of drug-likeness (QED) is 0.420.